The van der Waals surface area contributed by atoms with Gasteiger partial charge in [-0.1, -0.05) is 35.3 Å². The lowest BCUT2D eigenvalue weighted by Gasteiger charge is -2.19. The Hall–Kier alpha value is -1.51. The van der Waals surface area contributed by atoms with Crippen molar-refractivity contribution in [2.45, 2.75) is 0 Å². The van der Waals surface area contributed by atoms with Gasteiger partial charge in [0.05, 0.1) is 6.34 Å². The van der Waals surface area contributed by atoms with Crippen LogP contribution in [0.25, 0.3) is 0 Å². The molecule has 0 spiro atoms. The topological polar surface area (TPSA) is 27.1 Å². The third-order valence-corrected chi connectivity index (χ3v) is 2.77. The summed E-state index contributed by atoms with van der Waals surface area (Å²) in [4.78, 5) is 1.71. The minimum Gasteiger partial charge on any atom is -0.302 e. The van der Waals surface area contributed by atoms with Crippen LogP contribution in [-0.2, 0) is 0 Å². The Kier molecular flexibility index (Phi) is 3.67. The first-order valence-corrected chi connectivity index (χ1v) is 5.77. The molecular formula is C13H10Cl2N2. The van der Waals surface area contributed by atoms with Crippen molar-refractivity contribution in [2.24, 2.45) is 0 Å². The molecule has 0 radical (unpaired) electrons. The molecule has 0 aliphatic carbocycles. The molecule has 0 aliphatic rings. The van der Waals surface area contributed by atoms with Crippen molar-refractivity contribution < 1.29 is 0 Å². The van der Waals surface area contributed by atoms with Gasteiger partial charge in [-0.25, -0.2) is 0 Å². The maximum atomic E-state index is 7.49. The number of benzene rings is 2. The first-order chi connectivity index (χ1) is 8.20. The summed E-state index contributed by atoms with van der Waals surface area (Å²) in [6.45, 7) is 0. The molecule has 1 N–H and O–H groups in total. The molecule has 0 heterocycles. The Balaban J connectivity index is 2.43. The van der Waals surface area contributed by atoms with Gasteiger partial charge in [-0.15, -0.1) is 0 Å². The molecule has 2 aromatic carbocycles. The molecule has 0 fully saturated rings. The van der Waals surface area contributed by atoms with Crippen LogP contribution in [0.15, 0.2) is 48.5 Å². The van der Waals surface area contributed by atoms with E-state index in [0.717, 1.165) is 11.4 Å². The van der Waals surface area contributed by atoms with Gasteiger partial charge < -0.3 is 4.90 Å². The predicted octanol–water partition coefficient (Wildman–Crippen LogP) is 4.74. The highest BCUT2D eigenvalue weighted by atomic mass is 35.5. The molecule has 0 aliphatic heterocycles. The molecule has 0 amide bonds. The number of hydrogen-bond acceptors (Lipinski definition) is 1. The van der Waals surface area contributed by atoms with Crippen molar-refractivity contribution in [3.05, 3.63) is 58.6 Å². The molecule has 0 aromatic heterocycles. The summed E-state index contributed by atoms with van der Waals surface area (Å²) in [7, 11) is 0. The number of halogens is 2. The molecule has 2 rings (SSSR count). The lowest BCUT2D eigenvalue weighted by molar-refractivity contribution is 1.34. The van der Waals surface area contributed by atoms with Crippen molar-refractivity contribution in [2.75, 3.05) is 4.90 Å². The van der Waals surface area contributed by atoms with Gasteiger partial charge in [0.1, 0.15) is 0 Å². The highest BCUT2D eigenvalue weighted by Crippen LogP contribution is 2.27. The smallest absolute Gasteiger partial charge is 0.0907 e. The molecule has 0 saturated carbocycles. The minimum atomic E-state index is 0.636. The molecule has 0 atom stereocenters. The average Bonchev–Trinajstić information content (AvgIpc) is 2.30. The first-order valence-electron chi connectivity index (χ1n) is 5.01. The molecule has 4 heteroatoms. The Morgan fingerprint density at radius 3 is 1.71 bits per heavy atom. The standard InChI is InChI=1S/C13H10Cl2N2/c14-10-3-1-5-12(7-10)17(9-16)13-6-2-4-11(15)8-13/h1-9,16H. The fourth-order valence-electron chi connectivity index (χ4n) is 1.55. The van der Waals surface area contributed by atoms with Crippen LogP contribution in [0.5, 0.6) is 0 Å². The predicted molar refractivity (Wildman–Crippen MR) is 73.8 cm³/mol. The van der Waals surface area contributed by atoms with Gasteiger partial charge in [0, 0.05) is 21.4 Å². The van der Waals surface area contributed by atoms with Gasteiger partial charge in [0.2, 0.25) is 0 Å². The van der Waals surface area contributed by atoms with Crippen molar-refractivity contribution in [3.63, 3.8) is 0 Å². The summed E-state index contributed by atoms with van der Waals surface area (Å²) < 4.78 is 0. The molecule has 86 valence electrons. The molecule has 17 heavy (non-hydrogen) atoms. The van der Waals surface area contributed by atoms with E-state index in [0.29, 0.717) is 10.0 Å². The summed E-state index contributed by atoms with van der Waals surface area (Å²) in [5.74, 6) is 0. The van der Waals surface area contributed by atoms with E-state index in [-0.39, 0.29) is 0 Å². The Bertz CT molecular complexity index is 495. The molecule has 0 unspecified atom stereocenters. The van der Waals surface area contributed by atoms with Gasteiger partial charge >= 0.3 is 0 Å². The van der Waals surface area contributed by atoms with Crippen LogP contribution < -0.4 is 4.90 Å². The Morgan fingerprint density at radius 2 is 1.35 bits per heavy atom. The summed E-state index contributed by atoms with van der Waals surface area (Å²) >= 11 is 11.9. The van der Waals surface area contributed by atoms with Crippen molar-refractivity contribution in [1.82, 2.24) is 0 Å². The van der Waals surface area contributed by atoms with E-state index in [2.05, 4.69) is 0 Å². The monoisotopic (exact) mass is 264 g/mol. The van der Waals surface area contributed by atoms with Crippen molar-refractivity contribution >= 4 is 40.9 Å². The van der Waals surface area contributed by atoms with E-state index in [9.17, 15) is 0 Å². The molecular weight excluding hydrogens is 255 g/mol. The maximum Gasteiger partial charge on any atom is 0.0907 e. The molecule has 0 bridgehead atoms. The summed E-state index contributed by atoms with van der Waals surface area (Å²) in [6, 6.07) is 14.7. The van der Waals surface area contributed by atoms with Gasteiger partial charge in [-0.2, -0.15) is 0 Å². The number of hydrogen-bond donors (Lipinski definition) is 1. The van der Waals surface area contributed by atoms with E-state index in [1.54, 1.807) is 29.2 Å². The quantitative estimate of drug-likeness (QED) is 0.629. The van der Waals surface area contributed by atoms with E-state index in [4.69, 9.17) is 28.6 Å². The lowest BCUT2D eigenvalue weighted by atomic mass is 10.2. The van der Waals surface area contributed by atoms with Crippen LogP contribution in [-0.4, -0.2) is 6.34 Å². The summed E-state index contributed by atoms with van der Waals surface area (Å²) in [5.41, 5.74) is 1.66. The van der Waals surface area contributed by atoms with E-state index >= 15 is 0 Å². The first kappa shape index (κ1) is 12.0. The van der Waals surface area contributed by atoms with Crippen molar-refractivity contribution in [1.29, 1.82) is 5.41 Å². The van der Waals surface area contributed by atoms with Crippen LogP contribution >= 0.6 is 23.2 Å². The number of anilines is 2. The number of nitrogens with one attached hydrogen (secondary N) is 1. The fraction of sp³-hybridized carbons (Fsp3) is 0. The van der Waals surface area contributed by atoms with Gasteiger partial charge in [0.25, 0.3) is 0 Å². The van der Waals surface area contributed by atoms with Gasteiger partial charge in [-0.3, -0.25) is 5.41 Å². The second kappa shape index (κ2) is 5.21. The third kappa shape index (κ3) is 2.78. The van der Waals surface area contributed by atoms with E-state index in [1.165, 1.54) is 6.34 Å². The summed E-state index contributed by atoms with van der Waals surface area (Å²) in [5, 5.41) is 8.76. The van der Waals surface area contributed by atoms with Crippen LogP contribution in [0.2, 0.25) is 10.0 Å². The maximum absolute atomic E-state index is 7.49. The lowest BCUT2D eigenvalue weighted by Crippen LogP contribution is -2.13. The van der Waals surface area contributed by atoms with Crippen molar-refractivity contribution in [3.8, 4) is 0 Å². The molecule has 2 nitrogen and oxygen atoms in total. The minimum absolute atomic E-state index is 0.636. The normalized spacial score (nSPS) is 10.0. The SMILES string of the molecule is N=CN(c1cccc(Cl)c1)c1cccc(Cl)c1. The van der Waals surface area contributed by atoms with Crippen LogP contribution in [0, 0.1) is 5.41 Å². The van der Waals surface area contributed by atoms with Crippen LogP contribution in [0.1, 0.15) is 0 Å². The number of rotatable bonds is 3. The fourth-order valence-corrected chi connectivity index (χ4v) is 1.92. The van der Waals surface area contributed by atoms with E-state index in [1.807, 2.05) is 24.3 Å². The van der Waals surface area contributed by atoms with Crippen LogP contribution in [0.4, 0.5) is 11.4 Å². The largest absolute Gasteiger partial charge is 0.302 e. The second-order valence-electron chi connectivity index (χ2n) is 3.46. The average molecular weight is 265 g/mol. The molecule has 0 saturated heterocycles. The van der Waals surface area contributed by atoms with Gasteiger partial charge in [-0.05, 0) is 36.4 Å². The summed E-state index contributed by atoms with van der Waals surface area (Å²) in [6.07, 6.45) is 1.23. The highest BCUT2D eigenvalue weighted by molar-refractivity contribution is 6.31. The van der Waals surface area contributed by atoms with Crippen LogP contribution in [0.3, 0.4) is 0 Å². The number of nitrogens with zero attached hydrogens (tertiary/aromatic N) is 1. The van der Waals surface area contributed by atoms with E-state index < -0.39 is 0 Å². The second-order valence-corrected chi connectivity index (χ2v) is 4.33. The zero-order valence-electron chi connectivity index (χ0n) is 8.90. The van der Waals surface area contributed by atoms with Gasteiger partial charge in [0.15, 0.2) is 0 Å². The Labute approximate surface area is 110 Å². The molecule has 2 aromatic rings. The zero-order chi connectivity index (χ0) is 12.3. The third-order valence-electron chi connectivity index (χ3n) is 2.30. The zero-order valence-corrected chi connectivity index (χ0v) is 10.4. The highest BCUT2D eigenvalue weighted by Gasteiger charge is 2.07. The Morgan fingerprint density at radius 1 is 0.882 bits per heavy atom.